The van der Waals surface area contributed by atoms with Crippen molar-refractivity contribution in [1.82, 2.24) is 5.32 Å². The monoisotopic (exact) mass is 250 g/mol. The van der Waals surface area contributed by atoms with Gasteiger partial charge in [0.1, 0.15) is 0 Å². The van der Waals surface area contributed by atoms with Crippen LogP contribution in [0.2, 0.25) is 0 Å². The normalized spacial score (nSPS) is 18.6. The van der Waals surface area contributed by atoms with E-state index in [0.29, 0.717) is 19.6 Å². The zero-order valence-corrected chi connectivity index (χ0v) is 10.2. The Morgan fingerprint density at radius 1 is 1.39 bits per heavy atom. The Morgan fingerprint density at radius 2 is 2.17 bits per heavy atom. The Kier molecular flexibility index (Phi) is 4.55. The van der Waals surface area contributed by atoms with Gasteiger partial charge in [0.15, 0.2) is 0 Å². The number of hydrogen-bond donors (Lipinski definition) is 3. The van der Waals surface area contributed by atoms with Crippen LogP contribution >= 0.6 is 0 Å². The number of hydrogen-bond acceptors (Lipinski definition) is 3. The highest BCUT2D eigenvalue weighted by atomic mass is 16.5. The minimum Gasteiger partial charge on any atom is -0.396 e. The summed E-state index contributed by atoms with van der Waals surface area (Å²) in [7, 11) is 0. The molecule has 2 amide bonds. The quantitative estimate of drug-likeness (QED) is 0.750. The van der Waals surface area contributed by atoms with Crippen LogP contribution in [-0.2, 0) is 11.2 Å². The molecular weight excluding hydrogens is 232 g/mol. The van der Waals surface area contributed by atoms with Crippen molar-refractivity contribution in [3.05, 3.63) is 29.8 Å². The summed E-state index contributed by atoms with van der Waals surface area (Å²) in [5, 5.41) is 14.4. The Hall–Kier alpha value is -1.59. The van der Waals surface area contributed by atoms with Crippen molar-refractivity contribution >= 4 is 11.7 Å². The smallest absolute Gasteiger partial charge is 0.319 e. The van der Waals surface area contributed by atoms with Crippen molar-refractivity contribution in [1.29, 1.82) is 0 Å². The second-order valence-corrected chi connectivity index (χ2v) is 4.33. The van der Waals surface area contributed by atoms with E-state index in [1.54, 1.807) is 0 Å². The molecule has 5 heteroatoms. The van der Waals surface area contributed by atoms with Gasteiger partial charge in [-0.1, -0.05) is 12.1 Å². The minimum atomic E-state index is -0.208. The molecule has 5 nitrogen and oxygen atoms in total. The number of anilines is 1. The van der Waals surface area contributed by atoms with E-state index in [9.17, 15) is 4.79 Å². The van der Waals surface area contributed by atoms with Crippen LogP contribution in [0, 0.1) is 0 Å². The van der Waals surface area contributed by atoms with E-state index in [4.69, 9.17) is 9.84 Å². The molecule has 0 spiro atoms. The van der Waals surface area contributed by atoms with E-state index < -0.39 is 0 Å². The Bertz CT molecular complexity index is 386. The van der Waals surface area contributed by atoms with Gasteiger partial charge < -0.3 is 20.5 Å². The zero-order valence-electron chi connectivity index (χ0n) is 10.2. The van der Waals surface area contributed by atoms with E-state index >= 15 is 0 Å². The van der Waals surface area contributed by atoms with Crippen molar-refractivity contribution in [2.75, 3.05) is 25.1 Å². The number of aliphatic hydroxyl groups excluding tert-OH is 1. The fourth-order valence-electron chi connectivity index (χ4n) is 1.88. The lowest BCUT2D eigenvalue weighted by atomic mass is 10.1. The lowest BCUT2D eigenvalue weighted by molar-refractivity contribution is 0.189. The fraction of sp³-hybridized carbons (Fsp3) is 0.462. The summed E-state index contributed by atoms with van der Waals surface area (Å²) in [6, 6.07) is 7.35. The third-order valence-electron chi connectivity index (χ3n) is 2.88. The summed E-state index contributed by atoms with van der Waals surface area (Å²) in [5.41, 5.74) is 1.79. The van der Waals surface area contributed by atoms with Crippen LogP contribution in [0.3, 0.4) is 0 Å². The maximum Gasteiger partial charge on any atom is 0.319 e. The molecule has 1 aromatic carbocycles. The molecule has 18 heavy (non-hydrogen) atoms. The molecule has 1 unspecified atom stereocenters. The molecule has 0 aromatic heterocycles. The Balaban J connectivity index is 1.82. The van der Waals surface area contributed by atoms with Crippen molar-refractivity contribution in [2.24, 2.45) is 0 Å². The highest BCUT2D eigenvalue weighted by molar-refractivity contribution is 5.89. The van der Waals surface area contributed by atoms with E-state index in [-0.39, 0.29) is 18.7 Å². The first-order valence-electron chi connectivity index (χ1n) is 6.13. The van der Waals surface area contributed by atoms with Crippen LogP contribution in [0.5, 0.6) is 0 Å². The van der Waals surface area contributed by atoms with Gasteiger partial charge in [0, 0.05) is 18.9 Å². The van der Waals surface area contributed by atoms with E-state index in [2.05, 4.69) is 10.6 Å². The fourth-order valence-corrected chi connectivity index (χ4v) is 1.88. The average Bonchev–Trinajstić information content (AvgIpc) is 2.84. The molecule has 1 fully saturated rings. The van der Waals surface area contributed by atoms with Gasteiger partial charge in [-0.05, 0) is 30.5 Å². The topological polar surface area (TPSA) is 70.6 Å². The average molecular weight is 250 g/mol. The number of urea groups is 1. The summed E-state index contributed by atoms with van der Waals surface area (Å²) in [6.07, 6.45) is 1.49. The van der Waals surface area contributed by atoms with Gasteiger partial charge in [-0.25, -0.2) is 4.79 Å². The zero-order chi connectivity index (χ0) is 12.8. The lowest BCUT2D eigenvalue weighted by Crippen LogP contribution is -2.38. The minimum absolute atomic E-state index is 0.110. The molecule has 1 atom stereocenters. The maximum atomic E-state index is 11.7. The highest BCUT2D eigenvalue weighted by Crippen LogP contribution is 2.10. The Labute approximate surface area is 106 Å². The molecule has 98 valence electrons. The molecule has 1 heterocycles. The van der Waals surface area contributed by atoms with Crippen LogP contribution in [0.15, 0.2) is 24.3 Å². The number of amides is 2. The third-order valence-corrected chi connectivity index (χ3v) is 2.88. The largest absolute Gasteiger partial charge is 0.396 e. The van der Waals surface area contributed by atoms with Crippen molar-refractivity contribution in [2.45, 2.75) is 18.9 Å². The number of carbonyl (C=O) groups excluding carboxylic acids is 1. The number of rotatable bonds is 4. The number of benzene rings is 1. The van der Waals surface area contributed by atoms with Gasteiger partial charge in [0.2, 0.25) is 0 Å². The van der Waals surface area contributed by atoms with Gasteiger partial charge in [-0.15, -0.1) is 0 Å². The maximum absolute atomic E-state index is 11.7. The molecule has 1 aliphatic rings. The SMILES string of the molecule is O=C(Nc1ccc(CCO)cc1)NC1CCOC1. The molecule has 1 aromatic rings. The van der Waals surface area contributed by atoms with Gasteiger partial charge in [0.05, 0.1) is 12.6 Å². The van der Waals surface area contributed by atoms with Gasteiger partial charge in [-0.2, -0.15) is 0 Å². The summed E-state index contributed by atoms with van der Waals surface area (Å²) >= 11 is 0. The van der Waals surface area contributed by atoms with Crippen LogP contribution in [-0.4, -0.2) is 37.0 Å². The van der Waals surface area contributed by atoms with Gasteiger partial charge in [-0.3, -0.25) is 0 Å². The van der Waals surface area contributed by atoms with Crippen LogP contribution in [0.4, 0.5) is 10.5 Å². The first-order valence-corrected chi connectivity index (χ1v) is 6.13. The second-order valence-electron chi connectivity index (χ2n) is 4.33. The lowest BCUT2D eigenvalue weighted by Gasteiger charge is -2.12. The first-order chi connectivity index (χ1) is 8.78. The number of aliphatic hydroxyl groups is 1. The number of carbonyl (C=O) groups is 1. The predicted molar refractivity (Wildman–Crippen MR) is 68.6 cm³/mol. The molecule has 1 saturated heterocycles. The summed E-state index contributed by atoms with van der Waals surface area (Å²) in [6.45, 7) is 1.43. The molecule has 0 aliphatic carbocycles. The van der Waals surface area contributed by atoms with Crippen LogP contribution < -0.4 is 10.6 Å². The molecule has 0 bridgehead atoms. The number of ether oxygens (including phenoxy) is 1. The molecule has 3 N–H and O–H groups in total. The Morgan fingerprint density at radius 3 is 2.78 bits per heavy atom. The van der Waals surface area contributed by atoms with Crippen molar-refractivity contribution in [3.63, 3.8) is 0 Å². The van der Waals surface area contributed by atoms with Gasteiger partial charge >= 0.3 is 6.03 Å². The standard InChI is InChI=1S/C13H18N2O3/c16-7-5-10-1-3-11(4-2-10)14-13(17)15-12-6-8-18-9-12/h1-4,12,16H,5-9H2,(H2,14,15,17). The second kappa shape index (κ2) is 6.37. The molecule has 0 radical (unpaired) electrons. The number of nitrogens with one attached hydrogen (secondary N) is 2. The van der Waals surface area contributed by atoms with E-state index in [0.717, 1.165) is 17.7 Å². The van der Waals surface area contributed by atoms with Crippen molar-refractivity contribution in [3.8, 4) is 0 Å². The van der Waals surface area contributed by atoms with Crippen LogP contribution in [0.25, 0.3) is 0 Å². The van der Waals surface area contributed by atoms with E-state index in [1.165, 1.54) is 0 Å². The van der Waals surface area contributed by atoms with E-state index in [1.807, 2.05) is 24.3 Å². The summed E-state index contributed by atoms with van der Waals surface area (Å²) in [4.78, 5) is 11.7. The molecule has 0 saturated carbocycles. The molecule has 1 aliphatic heterocycles. The van der Waals surface area contributed by atoms with Gasteiger partial charge in [0.25, 0.3) is 0 Å². The molecular formula is C13H18N2O3. The van der Waals surface area contributed by atoms with Crippen LogP contribution in [0.1, 0.15) is 12.0 Å². The predicted octanol–water partition coefficient (Wildman–Crippen LogP) is 1.13. The first kappa shape index (κ1) is 12.9. The molecule has 2 rings (SSSR count). The third kappa shape index (κ3) is 3.72. The highest BCUT2D eigenvalue weighted by Gasteiger charge is 2.17. The van der Waals surface area contributed by atoms with Crippen molar-refractivity contribution < 1.29 is 14.6 Å². The summed E-state index contributed by atoms with van der Waals surface area (Å²) < 4.78 is 5.18. The summed E-state index contributed by atoms with van der Waals surface area (Å²) in [5.74, 6) is 0.